The number of rotatable bonds is 6. The maximum atomic E-state index is 12.2. The highest BCUT2D eigenvalue weighted by Crippen LogP contribution is 2.24. The SMILES string of the molecule is Cc1ccc2c(COC(=O)CCCc3nc4ccccc4s3)cc(=O)oc2c1C. The van der Waals surface area contributed by atoms with E-state index in [2.05, 4.69) is 11.1 Å². The van der Waals surface area contributed by atoms with Crippen LogP contribution in [-0.2, 0) is 22.6 Å². The van der Waals surface area contributed by atoms with Gasteiger partial charge in [-0.05, 0) is 49.9 Å². The molecule has 2 heterocycles. The summed E-state index contributed by atoms with van der Waals surface area (Å²) in [6, 6.07) is 13.3. The van der Waals surface area contributed by atoms with Crippen LogP contribution in [0, 0.1) is 13.8 Å². The Bertz CT molecular complexity index is 1220. The van der Waals surface area contributed by atoms with Gasteiger partial charge in [-0.1, -0.05) is 24.3 Å². The summed E-state index contributed by atoms with van der Waals surface area (Å²) in [4.78, 5) is 28.7. The number of thiazole rings is 1. The van der Waals surface area contributed by atoms with Crippen LogP contribution in [0.5, 0.6) is 0 Å². The lowest BCUT2D eigenvalue weighted by molar-refractivity contribution is -0.145. The molecule has 0 spiro atoms. The van der Waals surface area contributed by atoms with Crippen molar-refractivity contribution in [1.29, 1.82) is 0 Å². The van der Waals surface area contributed by atoms with Crippen LogP contribution < -0.4 is 5.63 Å². The monoisotopic (exact) mass is 407 g/mol. The molecule has 0 saturated heterocycles. The molecule has 0 radical (unpaired) electrons. The molecule has 2 aromatic heterocycles. The Morgan fingerprint density at radius 2 is 2.00 bits per heavy atom. The number of aromatic nitrogens is 1. The molecular weight excluding hydrogens is 386 g/mol. The van der Waals surface area contributed by atoms with Crippen LogP contribution in [0.1, 0.15) is 34.5 Å². The lowest BCUT2D eigenvalue weighted by Gasteiger charge is -2.09. The molecular formula is C23H21NO4S. The highest BCUT2D eigenvalue weighted by Gasteiger charge is 2.12. The van der Waals surface area contributed by atoms with Gasteiger partial charge >= 0.3 is 11.6 Å². The Morgan fingerprint density at radius 3 is 2.83 bits per heavy atom. The van der Waals surface area contributed by atoms with Crippen molar-refractivity contribution in [2.75, 3.05) is 0 Å². The van der Waals surface area contributed by atoms with Gasteiger partial charge < -0.3 is 9.15 Å². The van der Waals surface area contributed by atoms with E-state index in [-0.39, 0.29) is 12.6 Å². The van der Waals surface area contributed by atoms with Crippen molar-refractivity contribution in [2.24, 2.45) is 0 Å². The van der Waals surface area contributed by atoms with Crippen molar-refractivity contribution >= 4 is 38.5 Å². The Balaban J connectivity index is 1.37. The van der Waals surface area contributed by atoms with Crippen molar-refractivity contribution in [2.45, 2.75) is 39.7 Å². The average Bonchev–Trinajstić information content (AvgIpc) is 3.12. The summed E-state index contributed by atoms with van der Waals surface area (Å²) in [7, 11) is 0. The Hall–Kier alpha value is -2.99. The van der Waals surface area contributed by atoms with Gasteiger partial charge in [0.05, 0.1) is 15.2 Å². The first kappa shape index (κ1) is 19.3. The van der Waals surface area contributed by atoms with Crippen LogP contribution in [0.25, 0.3) is 21.2 Å². The molecule has 0 unspecified atom stereocenters. The van der Waals surface area contributed by atoms with E-state index in [4.69, 9.17) is 9.15 Å². The molecule has 0 fully saturated rings. The zero-order chi connectivity index (χ0) is 20.4. The number of benzene rings is 2. The molecule has 0 amide bonds. The van der Waals surface area contributed by atoms with Gasteiger partial charge in [-0.25, -0.2) is 9.78 Å². The molecule has 0 aliphatic heterocycles. The fourth-order valence-corrected chi connectivity index (χ4v) is 4.29. The molecule has 0 aliphatic carbocycles. The summed E-state index contributed by atoms with van der Waals surface area (Å²) >= 11 is 1.66. The highest BCUT2D eigenvalue weighted by molar-refractivity contribution is 7.18. The number of para-hydroxylation sites is 1. The zero-order valence-electron chi connectivity index (χ0n) is 16.4. The van der Waals surface area contributed by atoms with Crippen LogP contribution >= 0.6 is 11.3 Å². The summed E-state index contributed by atoms with van der Waals surface area (Å²) in [6.07, 6.45) is 1.73. The molecule has 148 valence electrons. The van der Waals surface area contributed by atoms with Crippen molar-refractivity contribution in [3.05, 3.63) is 74.6 Å². The molecule has 0 atom stereocenters. The van der Waals surface area contributed by atoms with E-state index in [1.165, 1.54) is 6.07 Å². The quantitative estimate of drug-likeness (QED) is 0.329. The zero-order valence-corrected chi connectivity index (χ0v) is 17.2. The normalized spacial score (nSPS) is 11.2. The number of hydrogen-bond acceptors (Lipinski definition) is 6. The Labute approximate surface area is 172 Å². The van der Waals surface area contributed by atoms with Crippen molar-refractivity contribution in [3.63, 3.8) is 0 Å². The van der Waals surface area contributed by atoms with E-state index in [0.29, 0.717) is 24.0 Å². The van der Waals surface area contributed by atoms with Gasteiger partial charge in [0, 0.05) is 23.4 Å². The van der Waals surface area contributed by atoms with Gasteiger partial charge in [-0.3, -0.25) is 4.79 Å². The third-order valence-corrected chi connectivity index (χ3v) is 6.11. The minimum absolute atomic E-state index is 0.0601. The maximum absolute atomic E-state index is 12.2. The number of ether oxygens (including phenoxy) is 1. The summed E-state index contributed by atoms with van der Waals surface area (Å²) in [6.45, 7) is 3.94. The number of aryl methyl sites for hydroxylation is 3. The second-order valence-corrected chi connectivity index (χ2v) is 8.18. The fourth-order valence-electron chi connectivity index (χ4n) is 3.29. The highest BCUT2D eigenvalue weighted by atomic mass is 32.1. The fraction of sp³-hybridized carbons (Fsp3) is 0.261. The first-order valence-corrected chi connectivity index (χ1v) is 10.4. The topological polar surface area (TPSA) is 69.4 Å². The van der Waals surface area contributed by atoms with Crippen LogP contribution in [0.4, 0.5) is 0 Å². The molecule has 4 aromatic rings. The molecule has 5 nitrogen and oxygen atoms in total. The molecule has 2 aromatic carbocycles. The first-order valence-electron chi connectivity index (χ1n) is 9.54. The number of carbonyl (C=O) groups excluding carboxylic acids is 1. The minimum Gasteiger partial charge on any atom is -0.461 e. The lowest BCUT2D eigenvalue weighted by atomic mass is 10.0. The van der Waals surface area contributed by atoms with E-state index < -0.39 is 5.63 Å². The standard InChI is InChI=1S/C23H21NO4S/c1-14-10-11-17-16(12-22(26)28-23(17)15(14)2)13-27-21(25)9-5-8-20-24-18-6-3-4-7-19(18)29-20/h3-4,6-7,10-12H,5,8-9,13H2,1-2H3. The van der Waals surface area contributed by atoms with Crippen molar-refractivity contribution in [3.8, 4) is 0 Å². The van der Waals surface area contributed by atoms with E-state index in [9.17, 15) is 9.59 Å². The number of hydrogen-bond donors (Lipinski definition) is 0. The molecule has 0 saturated carbocycles. The molecule has 29 heavy (non-hydrogen) atoms. The third kappa shape index (κ3) is 4.22. The Morgan fingerprint density at radius 1 is 1.17 bits per heavy atom. The van der Waals surface area contributed by atoms with E-state index >= 15 is 0 Å². The largest absolute Gasteiger partial charge is 0.461 e. The second kappa shape index (κ2) is 8.17. The summed E-state index contributed by atoms with van der Waals surface area (Å²) in [5.41, 5.74) is 3.75. The van der Waals surface area contributed by atoms with Gasteiger partial charge in [0.25, 0.3) is 0 Å². The lowest BCUT2D eigenvalue weighted by Crippen LogP contribution is -2.08. The number of esters is 1. The van der Waals surface area contributed by atoms with Gasteiger partial charge in [0.1, 0.15) is 12.2 Å². The summed E-state index contributed by atoms with van der Waals surface area (Å²) < 4.78 is 11.9. The number of carbonyl (C=O) groups is 1. The maximum Gasteiger partial charge on any atom is 0.336 e. The van der Waals surface area contributed by atoms with Crippen molar-refractivity contribution < 1.29 is 13.9 Å². The number of nitrogens with zero attached hydrogens (tertiary/aromatic N) is 1. The van der Waals surface area contributed by atoms with Crippen LogP contribution in [0.3, 0.4) is 0 Å². The van der Waals surface area contributed by atoms with Crippen LogP contribution in [0.2, 0.25) is 0 Å². The smallest absolute Gasteiger partial charge is 0.336 e. The molecule has 0 bridgehead atoms. The van der Waals surface area contributed by atoms with Crippen molar-refractivity contribution in [1.82, 2.24) is 4.98 Å². The van der Waals surface area contributed by atoms with Crippen LogP contribution in [-0.4, -0.2) is 11.0 Å². The van der Waals surface area contributed by atoms with Crippen LogP contribution in [0.15, 0.2) is 51.7 Å². The molecule has 0 N–H and O–H groups in total. The predicted octanol–water partition coefficient (Wildman–Crippen LogP) is 5.09. The Kier molecular flexibility index (Phi) is 5.45. The predicted molar refractivity (Wildman–Crippen MR) is 114 cm³/mol. The van der Waals surface area contributed by atoms with Gasteiger partial charge in [-0.15, -0.1) is 11.3 Å². The van der Waals surface area contributed by atoms with Gasteiger partial charge in [-0.2, -0.15) is 0 Å². The summed E-state index contributed by atoms with van der Waals surface area (Å²) in [5.74, 6) is -0.281. The van der Waals surface area contributed by atoms with E-state index in [1.54, 1.807) is 11.3 Å². The third-order valence-electron chi connectivity index (χ3n) is 5.02. The average molecular weight is 407 g/mol. The van der Waals surface area contributed by atoms with Gasteiger partial charge in [0.15, 0.2) is 0 Å². The van der Waals surface area contributed by atoms with E-state index in [0.717, 1.165) is 38.2 Å². The second-order valence-electron chi connectivity index (χ2n) is 7.06. The molecule has 6 heteroatoms. The summed E-state index contributed by atoms with van der Waals surface area (Å²) in [5, 5.41) is 1.83. The first-order chi connectivity index (χ1) is 14.0. The van der Waals surface area contributed by atoms with E-state index in [1.807, 2.05) is 44.2 Å². The number of fused-ring (bicyclic) bond motifs is 2. The minimum atomic E-state index is -0.437. The van der Waals surface area contributed by atoms with Gasteiger partial charge in [0.2, 0.25) is 0 Å². The molecule has 0 aliphatic rings. The molecule has 4 rings (SSSR count).